The van der Waals surface area contributed by atoms with Crippen molar-refractivity contribution in [2.75, 3.05) is 5.32 Å². The molecular formula is C20H14BrClN4O2S. The fraction of sp³-hybridized carbons (Fsp3) is 0.100. The Labute approximate surface area is 184 Å². The molecular weight excluding hydrogens is 476 g/mol. The van der Waals surface area contributed by atoms with Crippen molar-refractivity contribution < 1.29 is 4.79 Å². The van der Waals surface area contributed by atoms with Crippen molar-refractivity contribution in [1.82, 2.24) is 9.97 Å². The van der Waals surface area contributed by atoms with Crippen LogP contribution in [0, 0.1) is 11.3 Å². The maximum absolute atomic E-state index is 12.5. The van der Waals surface area contributed by atoms with E-state index in [0.717, 1.165) is 16.2 Å². The van der Waals surface area contributed by atoms with Gasteiger partial charge in [0.15, 0.2) is 5.16 Å². The summed E-state index contributed by atoms with van der Waals surface area (Å²) >= 11 is 10.3. The average Bonchev–Trinajstić information content (AvgIpc) is 2.70. The van der Waals surface area contributed by atoms with E-state index in [2.05, 4.69) is 31.2 Å². The molecule has 1 amide bonds. The van der Waals surface area contributed by atoms with Crippen molar-refractivity contribution in [3.05, 3.63) is 73.9 Å². The molecule has 0 spiro atoms. The van der Waals surface area contributed by atoms with Gasteiger partial charge in [0.05, 0.1) is 10.9 Å². The molecule has 0 aliphatic heterocycles. The summed E-state index contributed by atoms with van der Waals surface area (Å²) in [5.74, 6) is -0.239. The number of hydrogen-bond acceptors (Lipinski definition) is 5. The van der Waals surface area contributed by atoms with Crippen LogP contribution in [0.3, 0.4) is 0 Å². The Hall–Kier alpha value is -2.60. The molecule has 1 unspecified atom stereocenters. The zero-order chi connectivity index (χ0) is 21.0. The zero-order valence-electron chi connectivity index (χ0n) is 15.1. The second kappa shape index (κ2) is 9.27. The first-order chi connectivity index (χ1) is 13.9. The normalized spacial score (nSPS) is 11.5. The number of amides is 1. The van der Waals surface area contributed by atoms with Gasteiger partial charge in [-0.05, 0) is 43.3 Å². The van der Waals surface area contributed by atoms with Gasteiger partial charge < -0.3 is 10.3 Å². The number of thioether (sulfide) groups is 1. The molecule has 0 saturated heterocycles. The van der Waals surface area contributed by atoms with Crippen LogP contribution < -0.4 is 10.9 Å². The summed E-state index contributed by atoms with van der Waals surface area (Å²) in [6.07, 6.45) is 0. The predicted octanol–water partition coefficient (Wildman–Crippen LogP) is 4.84. The lowest BCUT2D eigenvalue weighted by Gasteiger charge is -2.12. The molecule has 6 nitrogen and oxygen atoms in total. The number of hydrogen-bond donors (Lipinski definition) is 2. The van der Waals surface area contributed by atoms with E-state index in [-0.39, 0.29) is 22.3 Å². The molecule has 29 heavy (non-hydrogen) atoms. The third kappa shape index (κ3) is 5.26. The Morgan fingerprint density at radius 1 is 1.24 bits per heavy atom. The number of carbonyl (C=O) groups is 1. The number of nitriles is 1. The van der Waals surface area contributed by atoms with Crippen molar-refractivity contribution in [3.8, 4) is 17.3 Å². The van der Waals surface area contributed by atoms with E-state index < -0.39 is 10.8 Å². The standard InChI is InChI=1S/C20H14BrClN4O2S/c1-11(18(27)24-15-8-4-13(21)5-9-15)29-20-25-17(16(10-23)19(28)26-20)12-2-6-14(22)7-3-12/h2-9,11H,1H3,(H,24,27)(H,25,26,28). The minimum atomic E-state index is -0.560. The second-order valence-corrected chi connectivity index (χ2v) is 8.65. The number of benzene rings is 2. The van der Waals surface area contributed by atoms with Crippen molar-refractivity contribution in [1.29, 1.82) is 5.26 Å². The molecule has 9 heteroatoms. The third-order valence-electron chi connectivity index (χ3n) is 3.90. The molecule has 3 rings (SSSR count). The second-order valence-electron chi connectivity index (χ2n) is 5.97. The molecule has 0 aliphatic rings. The number of aromatic nitrogens is 2. The van der Waals surface area contributed by atoms with Gasteiger partial charge in [-0.3, -0.25) is 9.59 Å². The van der Waals surface area contributed by atoms with Gasteiger partial charge in [-0.2, -0.15) is 5.26 Å². The number of aromatic amines is 1. The Morgan fingerprint density at radius 2 is 1.90 bits per heavy atom. The van der Waals surface area contributed by atoms with E-state index in [0.29, 0.717) is 16.3 Å². The number of nitrogens with one attached hydrogen (secondary N) is 2. The van der Waals surface area contributed by atoms with Crippen LogP contribution >= 0.6 is 39.3 Å². The van der Waals surface area contributed by atoms with Crippen molar-refractivity contribution in [3.63, 3.8) is 0 Å². The van der Waals surface area contributed by atoms with Crippen molar-refractivity contribution >= 4 is 50.9 Å². The summed E-state index contributed by atoms with van der Waals surface area (Å²) < 4.78 is 0.909. The smallest absolute Gasteiger partial charge is 0.270 e. The first-order valence-electron chi connectivity index (χ1n) is 8.41. The highest BCUT2D eigenvalue weighted by Gasteiger charge is 2.19. The Balaban J connectivity index is 1.84. The van der Waals surface area contributed by atoms with Crippen LogP contribution in [0.25, 0.3) is 11.3 Å². The number of anilines is 1. The summed E-state index contributed by atoms with van der Waals surface area (Å²) in [4.78, 5) is 31.8. The van der Waals surface area contributed by atoms with Gasteiger partial charge in [0.2, 0.25) is 5.91 Å². The van der Waals surface area contributed by atoms with E-state index in [1.807, 2.05) is 18.2 Å². The van der Waals surface area contributed by atoms with Crippen LogP contribution in [-0.4, -0.2) is 21.1 Å². The molecule has 0 aliphatic carbocycles. The lowest BCUT2D eigenvalue weighted by atomic mass is 10.1. The van der Waals surface area contributed by atoms with E-state index in [9.17, 15) is 14.9 Å². The predicted molar refractivity (Wildman–Crippen MR) is 118 cm³/mol. The fourth-order valence-electron chi connectivity index (χ4n) is 2.43. The summed E-state index contributed by atoms with van der Waals surface area (Å²) in [6.45, 7) is 1.71. The molecule has 146 valence electrons. The summed E-state index contributed by atoms with van der Waals surface area (Å²) in [7, 11) is 0. The average molecular weight is 490 g/mol. The molecule has 2 aromatic carbocycles. The maximum atomic E-state index is 12.5. The summed E-state index contributed by atoms with van der Waals surface area (Å²) in [5, 5.41) is 12.4. The van der Waals surface area contributed by atoms with E-state index in [1.54, 1.807) is 43.3 Å². The van der Waals surface area contributed by atoms with E-state index in [4.69, 9.17) is 11.6 Å². The highest BCUT2D eigenvalue weighted by molar-refractivity contribution is 9.10. The zero-order valence-corrected chi connectivity index (χ0v) is 18.2. The molecule has 1 atom stereocenters. The van der Waals surface area contributed by atoms with Crippen LogP contribution in [-0.2, 0) is 4.79 Å². The Kier molecular flexibility index (Phi) is 6.75. The van der Waals surface area contributed by atoms with E-state index in [1.165, 1.54) is 0 Å². The molecule has 0 saturated carbocycles. The maximum Gasteiger partial charge on any atom is 0.270 e. The minimum Gasteiger partial charge on any atom is -0.325 e. The number of nitrogens with zero attached hydrogens (tertiary/aromatic N) is 2. The first-order valence-corrected chi connectivity index (χ1v) is 10.5. The Bertz CT molecular complexity index is 1140. The molecule has 1 aromatic heterocycles. The number of carbonyl (C=O) groups excluding carboxylic acids is 1. The molecule has 1 heterocycles. The van der Waals surface area contributed by atoms with Gasteiger partial charge in [0.1, 0.15) is 11.6 Å². The van der Waals surface area contributed by atoms with Crippen LogP contribution in [0.15, 0.2) is 63.0 Å². The number of rotatable bonds is 5. The van der Waals surface area contributed by atoms with Gasteiger partial charge in [-0.1, -0.05) is 51.4 Å². The van der Waals surface area contributed by atoms with Crippen LogP contribution in [0.1, 0.15) is 12.5 Å². The minimum absolute atomic E-state index is 0.0939. The number of halogens is 2. The van der Waals surface area contributed by atoms with Gasteiger partial charge in [-0.15, -0.1) is 0 Å². The summed E-state index contributed by atoms with van der Waals surface area (Å²) in [6, 6.07) is 15.8. The molecule has 2 N–H and O–H groups in total. The van der Waals surface area contributed by atoms with Crippen LogP contribution in [0.5, 0.6) is 0 Å². The van der Waals surface area contributed by atoms with Gasteiger partial charge >= 0.3 is 0 Å². The fourth-order valence-corrected chi connectivity index (χ4v) is 3.61. The first kappa shape index (κ1) is 21.1. The van der Waals surface area contributed by atoms with Crippen molar-refractivity contribution in [2.45, 2.75) is 17.3 Å². The monoisotopic (exact) mass is 488 g/mol. The van der Waals surface area contributed by atoms with Gasteiger partial charge in [0, 0.05) is 20.7 Å². The van der Waals surface area contributed by atoms with E-state index >= 15 is 0 Å². The summed E-state index contributed by atoms with van der Waals surface area (Å²) in [5.41, 5.74) is 0.842. The largest absolute Gasteiger partial charge is 0.325 e. The quantitative estimate of drug-likeness (QED) is 0.394. The van der Waals surface area contributed by atoms with Gasteiger partial charge in [0.25, 0.3) is 5.56 Å². The van der Waals surface area contributed by atoms with Gasteiger partial charge in [-0.25, -0.2) is 4.98 Å². The SMILES string of the molecule is CC(Sc1nc(-c2ccc(Cl)cc2)c(C#N)c(=O)[nH]1)C(=O)Nc1ccc(Br)cc1. The highest BCUT2D eigenvalue weighted by atomic mass is 79.9. The van der Waals surface area contributed by atoms with Crippen LogP contribution in [0.4, 0.5) is 5.69 Å². The lowest BCUT2D eigenvalue weighted by Crippen LogP contribution is -2.23. The molecule has 3 aromatic rings. The molecule has 0 radical (unpaired) electrons. The third-order valence-corrected chi connectivity index (χ3v) is 5.66. The Morgan fingerprint density at radius 3 is 2.52 bits per heavy atom. The molecule has 0 bridgehead atoms. The lowest BCUT2D eigenvalue weighted by molar-refractivity contribution is -0.115. The number of H-pyrrole nitrogens is 1. The van der Waals surface area contributed by atoms with Crippen molar-refractivity contribution in [2.24, 2.45) is 0 Å². The topological polar surface area (TPSA) is 98.6 Å². The molecule has 0 fully saturated rings. The van der Waals surface area contributed by atoms with Crippen LogP contribution in [0.2, 0.25) is 5.02 Å². The highest BCUT2D eigenvalue weighted by Crippen LogP contribution is 2.26.